The van der Waals surface area contributed by atoms with Gasteiger partial charge in [0.15, 0.2) is 5.13 Å². The molecule has 4 aliphatic rings. The van der Waals surface area contributed by atoms with Crippen molar-refractivity contribution >= 4 is 22.4 Å². The highest BCUT2D eigenvalue weighted by Gasteiger charge is 2.43. The molecule has 0 spiro atoms. The molecule has 1 saturated carbocycles. The topological polar surface area (TPSA) is 39.7 Å². The molecule has 4 heterocycles. The first kappa shape index (κ1) is 21.6. The average molecular weight is 453 g/mol. The summed E-state index contributed by atoms with van der Waals surface area (Å²) in [7, 11) is 2.20. The summed E-state index contributed by atoms with van der Waals surface area (Å²) in [6, 6.07) is 1.09. The van der Waals surface area contributed by atoms with Gasteiger partial charge < -0.3 is 14.7 Å². The number of piperazine rings is 1. The molecule has 2 unspecified atom stereocenters. The van der Waals surface area contributed by atoms with Crippen LogP contribution in [-0.4, -0.2) is 65.4 Å². The minimum atomic E-state index is -2.54. The summed E-state index contributed by atoms with van der Waals surface area (Å²) in [5, 5.41) is 1.13. The maximum atomic E-state index is 13.5. The smallest absolute Gasteiger partial charge is 0.248 e. The minimum absolute atomic E-state index is 0.0772. The summed E-state index contributed by atoms with van der Waals surface area (Å²) in [5.74, 6) is -2.33. The Bertz CT molecular complexity index is 833. The normalized spacial score (nSPS) is 30.5. The molecule has 2 atom stereocenters. The highest BCUT2D eigenvalue weighted by atomic mass is 32.1. The van der Waals surface area contributed by atoms with E-state index >= 15 is 0 Å². The molecule has 172 valence electrons. The lowest BCUT2D eigenvalue weighted by Crippen LogP contribution is -2.52. The van der Waals surface area contributed by atoms with Crippen LogP contribution in [0.1, 0.15) is 69.4 Å². The Kier molecular flexibility index (Phi) is 5.32. The van der Waals surface area contributed by atoms with Crippen molar-refractivity contribution in [3.8, 4) is 0 Å². The van der Waals surface area contributed by atoms with Crippen molar-refractivity contribution in [2.75, 3.05) is 31.6 Å². The van der Waals surface area contributed by atoms with Gasteiger partial charge in [0.2, 0.25) is 11.8 Å². The predicted octanol–water partition coefficient (Wildman–Crippen LogP) is 4.26. The van der Waals surface area contributed by atoms with Gasteiger partial charge in [-0.05, 0) is 38.6 Å². The molecule has 0 radical (unpaired) electrons. The molecule has 1 aromatic rings. The molecule has 3 fully saturated rings. The number of aromatic nitrogens is 1. The van der Waals surface area contributed by atoms with Crippen LogP contribution in [0.15, 0.2) is 0 Å². The Morgan fingerprint density at radius 3 is 2.42 bits per heavy atom. The number of carbonyl (C=O) groups is 1. The summed E-state index contributed by atoms with van der Waals surface area (Å²) in [6.07, 6.45) is 3.62. The van der Waals surface area contributed by atoms with Crippen LogP contribution in [0.25, 0.3) is 0 Å². The van der Waals surface area contributed by atoms with Gasteiger partial charge in [0.25, 0.3) is 0 Å². The molecule has 3 aliphatic heterocycles. The third kappa shape index (κ3) is 4.10. The number of likely N-dealkylation sites (tertiary alicyclic amines) is 1. The molecular weight excluding hydrogens is 418 g/mol. The SMILES string of the molecule is CN1CC2CCC(C1)N2c1nc2c(s1)CN(C(=O)CC1CCC(F)(F)CC1)CC2(C)C. The van der Waals surface area contributed by atoms with Gasteiger partial charge in [-0.15, -0.1) is 0 Å². The second-order valence-corrected chi connectivity index (χ2v) is 12.0. The van der Waals surface area contributed by atoms with Gasteiger partial charge in [-0.2, -0.15) is 0 Å². The van der Waals surface area contributed by atoms with E-state index in [1.54, 1.807) is 11.3 Å². The molecule has 8 heteroatoms. The highest BCUT2D eigenvalue weighted by molar-refractivity contribution is 7.15. The van der Waals surface area contributed by atoms with Crippen LogP contribution >= 0.6 is 11.3 Å². The zero-order chi connectivity index (χ0) is 22.0. The second-order valence-electron chi connectivity index (χ2n) is 10.9. The Balaban J connectivity index is 1.30. The maximum absolute atomic E-state index is 13.5. The third-order valence-corrected chi connectivity index (χ3v) is 8.84. The van der Waals surface area contributed by atoms with E-state index in [4.69, 9.17) is 4.98 Å². The first-order valence-corrected chi connectivity index (χ1v) is 12.6. The number of amides is 1. The lowest BCUT2D eigenvalue weighted by molar-refractivity contribution is -0.135. The number of hydrogen-bond acceptors (Lipinski definition) is 5. The number of nitrogens with zero attached hydrogens (tertiary/aromatic N) is 4. The number of likely N-dealkylation sites (N-methyl/N-ethyl adjacent to an activating group) is 1. The van der Waals surface area contributed by atoms with Crippen LogP contribution in [0.3, 0.4) is 0 Å². The predicted molar refractivity (Wildman–Crippen MR) is 119 cm³/mol. The fourth-order valence-corrected chi connectivity index (χ4v) is 7.55. The molecule has 0 N–H and O–H groups in total. The van der Waals surface area contributed by atoms with E-state index in [0.29, 0.717) is 44.4 Å². The maximum Gasteiger partial charge on any atom is 0.248 e. The van der Waals surface area contributed by atoms with Crippen LogP contribution in [-0.2, 0) is 16.8 Å². The van der Waals surface area contributed by atoms with E-state index < -0.39 is 5.92 Å². The molecule has 0 aromatic carbocycles. The monoisotopic (exact) mass is 452 g/mol. The molecule has 31 heavy (non-hydrogen) atoms. The van der Waals surface area contributed by atoms with Gasteiger partial charge in [-0.3, -0.25) is 4.79 Å². The molecule has 1 aliphatic carbocycles. The molecule has 1 aromatic heterocycles. The molecule has 2 saturated heterocycles. The van der Waals surface area contributed by atoms with Gasteiger partial charge in [0.05, 0.1) is 12.2 Å². The summed E-state index contributed by atoms with van der Waals surface area (Å²) >= 11 is 1.76. The summed E-state index contributed by atoms with van der Waals surface area (Å²) in [6.45, 7) is 7.80. The molecule has 2 bridgehead atoms. The fraction of sp³-hybridized carbons (Fsp3) is 0.826. The first-order valence-electron chi connectivity index (χ1n) is 11.7. The molecular formula is C23H34F2N4OS. The van der Waals surface area contributed by atoms with Crippen LogP contribution < -0.4 is 4.90 Å². The lowest BCUT2D eigenvalue weighted by Gasteiger charge is -2.39. The van der Waals surface area contributed by atoms with E-state index in [2.05, 4.69) is 30.7 Å². The standard InChI is InChI=1S/C23H34F2N4OS/c1-22(2)14-28(19(30)10-15-6-8-23(24,25)9-7-15)13-18-20(22)26-21(31-18)29-16-4-5-17(29)12-27(3)11-16/h15-17H,4-14H2,1-3H3. The van der Waals surface area contributed by atoms with E-state index in [-0.39, 0.29) is 30.1 Å². The molecule has 1 amide bonds. The number of carbonyl (C=O) groups excluding carboxylic acids is 1. The van der Waals surface area contributed by atoms with E-state index in [9.17, 15) is 13.6 Å². The zero-order valence-electron chi connectivity index (χ0n) is 18.9. The fourth-order valence-electron chi connectivity index (χ4n) is 6.15. The van der Waals surface area contributed by atoms with Gasteiger partial charge in [-0.25, -0.2) is 13.8 Å². The minimum Gasteiger partial charge on any atom is -0.340 e. The third-order valence-electron chi connectivity index (χ3n) is 7.79. The van der Waals surface area contributed by atoms with Gasteiger partial charge in [0, 0.05) is 61.3 Å². The Morgan fingerprint density at radius 2 is 1.77 bits per heavy atom. The number of thiazole rings is 1. The Hall–Kier alpha value is -1.28. The van der Waals surface area contributed by atoms with Gasteiger partial charge >= 0.3 is 0 Å². The largest absolute Gasteiger partial charge is 0.340 e. The Morgan fingerprint density at radius 1 is 1.13 bits per heavy atom. The lowest BCUT2D eigenvalue weighted by atomic mass is 9.83. The van der Waals surface area contributed by atoms with Crippen molar-refractivity contribution in [1.29, 1.82) is 0 Å². The number of anilines is 1. The van der Waals surface area contributed by atoms with Crippen molar-refractivity contribution in [3.05, 3.63) is 10.6 Å². The van der Waals surface area contributed by atoms with Gasteiger partial charge in [0.1, 0.15) is 0 Å². The van der Waals surface area contributed by atoms with Crippen molar-refractivity contribution in [2.24, 2.45) is 5.92 Å². The van der Waals surface area contributed by atoms with E-state index in [1.165, 1.54) is 17.7 Å². The molecule has 5 nitrogen and oxygen atoms in total. The summed E-state index contributed by atoms with van der Waals surface area (Å²) in [4.78, 5) is 26.3. The summed E-state index contributed by atoms with van der Waals surface area (Å²) in [5.41, 5.74) is 0.954. The van der Waals surface area contributed by atoms with Crippen molar-refractivity contribution < 1.29 is 13.6 Å². The number of rotatable bonds is 3. The highest BCUT2D eigenvalue weighted by Crippen LogP contribution is 2.44. The van der Waals surface area contributed by atoms with Crippen molar-refractivity contribution in [3.63, 3.8) is 0 Å². The Labute approximate surface area is 187 Å². The van der Waals surface area contributed by atoms with Crippen LogP contribution in [0, 0.1) is 5.92 Å². The van der Waals surface area contributed by atoms with Crippen LogP contribution in [0.4, 0.5) is 13.9 Å². The number of alkyl halides is 2. The van der Waals surface area contributed by atoms with Crippen LogP contribution in [0.5, 0.6) is 0 Å². The zero-order valence-corrected chi connectivity index (χ0v) is 19.7. The molecule has 5 rings (SSSR count). The summed E-state index contributed by atoms with van der Waals surface area (Å²) < 4.78 is 26.9. The second kappa shape index (κ2) is 7.65. The first-order chi connectivity index (χ1) is 14.6. The van der Waals surface area contributed by atoms with Gasteiger partial charge in [-0.1, -0.05) is 25.2 Å². The van der Waals surface area contributed by atoms with E-state index in [0.717, 1.165) is 23.9 Å². The van der Waals surface area contributed by atoms with Crippen molar-refractivity contribution in [2.45, 2.75) is 88.8 Å². The average Bonchev–Trinajstić information content (AvgIpc) is 3.22. The number of halogens is 2. The van der Waals surface area contributed by atoms with Crippen LogP contribution in [0.2, 0.25) is 0 Å². The quantitative estimate of drug-likeness (QED) is 0.687. The van der Waals surface area contributed by atoms with Crippen molar-refractivity contribution in [1.82, 2.24) is 14.8 Å². The number of hydrogen-bond donors (Lipinski definition) is 0. The van der Waals surface area contributed by atoms with E-state index in [1.807, 2.05) is 4.90 Å². The number of fused-ring (bicyclic) bond motifs is 3.